The molecule has 1 saturated heterocycles. The highest BCUT2D eigenvalue weighted by atomic mass is 35.5. The fourth-order valence-corrected chi connectivity index (χ4v) is 3.89. The van der Waals surface area contributed by atoms with E-state index in [2.05, 4.69) is 10.2 Å². The molecule has 1 amide bonds. The van der Waals surface area contributed by atoms with Crippen molar-refractivity contribution in [2.75, 3.05) is 13.1 Å². The number of aliphatic hydroxyl groups excluding tert-OH is 1. The van der Waals surface area contributed by atoms with Crippen LogP contribution in [0.4, 0.5) is 0 Å². The Morgan fingerprint density at radius 3 is 2.91 bits per heavy atom. The van der Waals surface area contributed by atoms with Crippen LogP contribution in [0.3, 0.4) is 0 Å². The van der Waals surface area contributed by atoms with E-state index in [1.165, 1.54) is 0 Å². The van der Waals surface area contributed by atoms with Gasteiger partial charge in [0.15, 0.2) is 0 Å². The number of hydrogen-bond donors (Lipinski definition) is 2. The second-order valence-corrected chi connectivity index (χ2v) is 6.84. The number of amides is 1. The first-order valence-corrected chi connectivity index (χ1v) is 8.42. The summed E-state index contributed by atoms with van der Waals surface area (Å²) in [5, 5.41) is 13.5. The molecule has 4 nitrogen and oxygen atoms in total. The second kappa shape index (κ2) is 6.57. The molecule has 0 spiro atoms. The Bertz CT molecular complexity index is 564. The minimum absolute atomic E-state index is 0.0448. The van der Waals surface area contributed by atoms with E-state index in [-0.39, 0.29) is 18.1 Å². The van der Waals surface area contributed by atoms with E-state index in [9.17, 15) is 9.90 Å². The van der Waals surface area contributed by atoms with Crippen molar-refractivity contribution in [3.8, 4) is 0 Å². The lowest BCUT2D eigenvalue weighted by Crippen LogP contribution is -2.48. The third-order valence-electron chi connectivity index (χ3n) is 4.97. The van der Waals surface area contributed by atoms with Crippen LogP contribution < -0.4 is 5.32 Å². The molecule has 1 aliphatic carbocycles. The Labute approximate surface area is 136 Å². The molecule has 2 aliphatic rings. The van der Waals surface area contributed by atoms with Crippen molar-refractivity contribution < 1.29 is 9.90 Å². The summed E-state index contributed by atoms with van der Waals surface area (Å²) in [5.41, 5.74) is 1.48. The third kappa shape index (κ3) is 3.14. The van der Waals surface area contributed by atoms with Gasteiger partial charge in [0, 0.05) is 35.8 Å². The van der Waals surface area contributed by atoms with E-state index < -0.39 is 0 Å². The van der Waals surface area contributed by atoms with Gasteiger partial charge >= 0.3 is 0 Å². The summed E-state index contributed by atoms with van der Waals surface area (Å²) in [7, 11) is 0. The average molecular weight is 323 g/mol. The van der Waals surface area contributed by atoms with E-state index in [0.717, 1.165) is 44.3 Å². The number of carbonyl (C=O) groups excluding carboxylic acids is 1. The molecule has 0 radical (unpaired) electrons. The number of hydrogen-bond acceptors (Lipinski definition) is 3. The monoisotopic (exact) mass is 322 g/mol. The minimum Gasteiger partial charge on any atom is -0.392 e. The fraction of sp³-hybridized carbons (Fsp3) is 0.588. The molecule has 1 aromatic rings. The topological polar surface area (TPSA) is 52.6 Å². The smallest absolute Gasteiger partial charge is 0.251 e. The van der Waals surface area contributed by atoms with Gasteiger partial charge in [0.05, 0.1) is 6.10 Å². The maximum Gasteiger partial charge on any atom is 0.251 e. The van der Waals surface area contributed by atoms with Gasteiger partial charge in [0.25, 0.3) is 5.91 Å². The first-order chi connectivity index (χ1) is 10.6. The summed E-state index contributed by atoms with van der Waals surface area (Å²) in [5.74, 6) is -0.0448. The summed E-state index contributed by atoms with van der Waals surface area (Å²) in [4.78, 5) is 14.9. The number of nitrogens with one attached hydrogen (secondary N) is 1. The van der Waals surface area contributed by atoms with E-state index >= 15 is 0 Å². The Kier molecular flexibility index (Phi) is 4.71. The van der Waals surface area contributed by atoms with Gasteiger partial charge in [-0.05, 0) is 50.3 Å². The number of rotatable bonds is 3. The van der Waals surface area contributed by atoms with Gasteiger partial charge in [-0.15, -0.1) is 0 Å². The van der Waals surface area contributed by atoms with Crippen molar-refractivity contribution in [3.63, 3.8) is 0 Å². The highest BCUT2D eigenvalue weighted by molar-refractivity contribution is 6.31. The Balaban J connectivity index is 1.69. The molecule has 1 aromatic carbocycles. The number of nitrogens with zero attached hydrogens (tertiary/aromatic N) is 1. The van der Waals surface area contributed by atoms with Crippen molar-refractivity contribution in [2.24, 2.45) is 0 Å². The molecule has 120 valence electrons. The number of β-amino-alcohol motifs (C(OH)–C–C–N with tert-alkyl or cyclic N) is 1. The summed E-state index contributed by atoms with van der Waals surface area (Å²) in [6.45, 7) is 3.53. The lowest BCUT2D eigenvalue weighted by atomic mass is 10.1. The maximum atomic E-state index is 12.6. The van der Waals surface area contributed by atoms with Crippen molar-refractivity contribution in [1.29, 1.82) is 0 Å². The number of halogens is 1. The van der Waals surface area contributed by atoms with Crippen LogP contribution in [0, 0.1) is 6.92 Å². The Morgan fingerprint density at radius 1 is 1.36 bits per heavy atom. The van der Waals surface area contributed by atoms with Gasteiger partial charge < -0.3 is 10.4 Å². The van der Waals surface area contributed by atoms with Gasteiger partial charge in [-0.3, -0.25) is 9.69 Å². The molecular weight excluding hydrogens is 300 g/mol. The average Bonchev–Trinajstić information content (AvgIpc) is 3.10. The first-order valence-electron chi connectivity index (χ1n) is 8.04. The maximum absolute atomic E-state index is 12.6. The largest absolute Gasteiger partial charge is 0.392 e. The molecule has 0 bridgehead atoms. The van der Waals surface area contributed by atoms with Crippen LogP contribution in [0.1, 0.15) is 41.6 Å². The number of likely N-dealkylation sites (tertiary alicyclic amines) is 1. The van der Waals surface area contributed by atoms with Gasteiger partial charge in [-0.2, -0.15) is 0 Å². The highest BCUT2D eigenvalue weighted by Gasteiger charge is 2.36. The van der Waals surface area contributed by atoms with Gasteiger partial charge in [-0.25, -0.2) is 0 Å². The first kappa shape index (κ1) is 15.8. The SMILES string of the molecule is Cc1c(Cl)cccc1C(=O)N[C@@H]1CCC[C@@H]1N1CCC(O)C1. The van der Waals surface area contributed by atoms with Crippen LogP contribution >= 0.6 is 11.6 Å². The summed E-state index contributed by atoms with van der Waals surface area (Å²) in [6, 6.07) is 5.95. The quantitative estimate of drug-likeness (QED) is 0.898. The number of benzene rings is 1. The molecule has 1 unspecified atom stereocenters. The zero-order valence-electron chi connectivity index (χ0n) is 12.9. The van der Waals surface area contributed by atoms with Crippen LogP contribution in [0.2, 0.25) is 5.02 Å². The van der Waals surface area contributed by atoms with Crippen molar-refractivity contribution in [2.45, 2.75) is 50.8 Å². The molecule has 22 heavy (non-hydrogen) atoms. The summed E-state index contributed by atoms with van der Waals surface area (Å²) in [6.07, 6.45) is 3.84. The van der Waals surface area contributed by atoms with E-state index in [0.29, 0.717) is 16.6 Å². The fourth-order valence-electron chi connectivity index (χ4n) is 3.71. The van der Waals surface area contributed by atoms with Crippen molar-refractivity contribution in [3.05, 3.63) is 34.3 Å². The molecule has 2 fully saturated rings. The lowest BCUT2D eigenvalue weighted by Gasteiger charge is -2.30. The molecule has 1 heterocycles. The second-order valence-electron chi connectivity index (χ2n) is 6.43. The van der Waals surface area contributed by atoms with Crippen LogP contribution in [0.5, 0.6) is 0 Å². The van der Waals surface area contributed by atoms with Crippen LogP contribution in [-0.4, -0.2) is 47.2 Å². The van der Waals surface area contributed by atoms with Gasteiger partial charge in [0.2, 0.25) is 0 Å². The molecule has 3 atom stereocenters. The molecule has 3 rings (SSSR count). The zero-order valence-corrected chi connectivity index (χ0v) is 13.6. The Hall–Kier alpha value is -1.10. The highest BCUT2D eigenvalue weighted by Crippen LogP contribution is 2.28. The molecule has 1 aliphatic heterocycles. The predicted molar refractivity (Wildman–Crippen MR) is 87.3 cm³/mol. The molecular formula is C17H23ClN2O2. The summed E-state index contributed by atoms with van der Waals surface area (Å²) < 4.78 is 0. The summed E-state index contributed by atoms with van der Waals surface area (Å²) >= 11 is 6.11. The molecule has 5 heteroatoms. The van der Waals surface area contributed by atoms with Crippen molar-refractivity contribution >= 4 is 17.5 Å². The van der Waals surface area contributed by atoms with Crippen LogP contribution in [0.25, 0.3) is 0 Å². The Morgan fingerprint density at radius 2 is 2.18 bits per heavy atom. The minimum atomic E-state index is -0.216. The third-order valence-corrected chi connectivity index (χ3v) is 5.38. The van der Waals surface area contributed by atoms with Gasteiger partial charge in [0.1, 0.15) is 0 Å². The van der Waals surface area contributed by atoms with E-state index in [4.69, 9.17) is 11.6 Å². The normalized spacial score (nSPS) is 29.0. The number of aliphatic hydroxyl groups is 1. The van der Waals surface area contributed by atoms with E-state index in [1.54, 1.807) is 6.07 Å². The van der Waals surface area contributed by atoms with E-state index in [1.807, 2.05) is 19.1 Å². The zero-order chi connectivity index (χ0) is 15.7. The standard InChI is InChI=1S/C17H23ClN2O2/c1-11-13(4-2-5-14(11)18)17(22)19-15-6-3-7-16(15)20-9-8-12(21)10-20/h2,4-5,12,15-16,21H,3,6-10H2,1H3,(H,19,22)/t12?,15-,16+/m1/s1. The van der Waals surface area contributed by atoms with Gasteiger partial charge in [-0.1, -0.05) is 17.7 Å². The van der Waals surface area contributed by atoms with Crippen molar-refractivity contribution in [1.82, 2.24) is 10.2 Å². The predicted octanol–water partition coefficient (Wildman–Crippen LogP) is 2.37. The van der Waals surface area contributed by atoms with Crippen LogP contribution in [0.15, 0.2) is 18.2 Å². The number of carbonyl (C=O) groups is 1. The molecule has 1 saturated carbocycles. The molecule has 2 N–H and O–H groups in total. The lowest BCUT2D eigenvalue weighted by molar-refractivity contribution is 0.0905. The van der Waals surface area contributed by atoms with Crippen LogP contribution in [-0.2, 0) is 0 Å². The molecule has 0 aromatic heterocycles.